The summed E-state index contributed by atoms with van der Waals surface area (Å²) >= 11 is 0. The predicted octanol–water partition coefficient (Wildman–Crippen LogP) is 4.21. The summed E-state index contributed by atoms with van der Waals surface area (Å²) < 4.78 is 20.2. The van der Waals surface area contributed by atoms with Gasteiger partial charge in [-0.3, -0.25) is 0 Å². The van der Waals surface area contributed by atoms with Crippen LogP contribution in [0.3, 0.4) is 0 Å². The fraction of sp³-hybridized carbons (Fsp3) is 0.529. The van der Waals surface area contributed by atoms with Crippen molar-refractivity contribution in [3.63, 3.8) is 0 Å². The van der Waals surface area contributed by atoms with Gasteiger partial charge in [-0.2, -0.15) is 0 Å². The van der Waals surface area contributed by atoms with Crippen LogP contribution in [0.15, 0.2) is 24.6 Å². The number of anilines is 1. The molecule has 0 saturated heterocycles. The van der Waals surface area contributed by atoms with E-state index in [2.05, 4.69) is 37.7 Å². The maximum Gasteiger partial charge on any atom is 0.184 e. The van der Waals surface area contributed by atoms with Gasteiger partial charge in [0.15, 0.2) is 5.88 Å². The molecule has 0 aromatic heterocycles. The Morgan fingerprint density at radius 3 is 2.86 bits per heavy atom. The van der Waals surface area contributed by atoms with Crippen LogP contribution >= 0.6 is 0 Å². The van der Waals surface area contributed by atoms with Crippen molar-refractivity contribution in [3.05, 3.63) is 41.5 Å². The summed E-state index contributed by atoms with van der Waals surface area (Å²) in [6.45, 7) is 10.8. The van der Waals surface area contributed by atoms with Gasteiger partial charge < -0.3 is 15.0 Å². The maximum atomic E-state index is 14.4. The predicted molar refractivity (Wildman–Crippen MR) is 84.7 cm³/mol. The third kappa shape index (κ3) is 3.38. The Balaban J connectivity index is 2.18. The standard InChI is InChI=1S/C17H25FN2O/c1-6-12(3)20(5)10-9-15-16-14(19-13(4)21-15)8-7-11(2)17(16)18/h7-8,12,15,19H,4,6,9-10H2,1-3,5H3/t12?,15-/m0/s1. The summed E-state index contributed by atoms with van der Waals surface area (Å²) in [5, 5.41) is 3.01. The van der Waals surface area contributed by atoms with Gasteiger partial charge in [0, 0.05) is 19.0 Å². The van der Waals surface area contributed by atoms with Gasteiger partial charge in [0.2, 0.25) is 0 Å². The zero-order valence-electron chi connectivity index (χ0n) is 13.4. The lowest BCUT2D eigenvalue weighted by Crippen LogP contribution is -2.31. The Hall–Kier alpha value is -1.55. The second-order valence-corrected chi connectivity index (χ2v) is 5.84. The lowest BCUT2D eigenvalue weighted by atomic mass is 9.99. The molecule has 3 nitrogen and oxygen atoms in total. The minimum atomic E-state index is -0.278. The number of nitrogens with zero attached hydrogens (tertiary/aromatic N) is 1. The van der Waals surface area contributed by atoms with Crippen molar-refractivity contribution in [2.24, 2.45) is 0 Å². The van der Waals surface area contributed by atoms with Crippen LogP contribution in [0.5, 0.6) is 0 Å². The molecular formula is C17H25FN2O. The Bertz CT molecular complexity index is 530. The molecule has 2 rings (SSSR count). The van der Waals surface area contributed by atoms with E-state index in [4.69, 9.17) is 4.74 Å². The van der Waals surface area contributed by atoms with Crippen molar-refractivity contribution in [1.29, 1.82) is 0 Å². The molecular weight excluding hydrogens is 267 g/mol. The first-order chi connectivity index (χ1) is 9.93. The molecule has 0 amide bonds. The van der Waals surface area contributed by atoms with E-state index in [-0.39, 0.29) is 11.9 Å². The van der Waals surface area contributed by atoms with E-state index in [9.17, 15) is 4.39 Å². The second-order valence-electron chi connectivity index (χ2n) is 5.84. The van der Waals surface area contributed by atoms with E-state index in [0.29, 0.717) is 23.1 Å². The fourth-order valence-electron chi connectivity index (χ4n) is 2.59. The van der Waals surface area contributed by atoms with Crippen LogP contribution in [-0.4, -0.2) is 24.5 Å². The van der Waals surface area contributed by atoms with Gasteiger partial charge in [-0.15, -0.1) is 0 Å². The Morgan fingerprint density at radius 2 is 2.19 bits per heavy atom. The van der Waals surface area contributed by atoms with Gasteiger partial charge >= 0.3 is 0 Å². The molecule has 1 aliphatic heterocycles. The average molecular weight is 292 g/mol. The van der Waals surface area contributed by atoms with Crippen molar-refractivity contribution in [3.8, 4) is 0 Å². The molecule has 0 saturated carbocycles. The van der Waals surface area contributed by atoms with Crippen molar-refractivity contribution < 1.29 is 9.13 Å². The number of hydrogen-bond donors (Lipinski definition) is 1. The zero-order valence-corrected chi connectivity index (χ0v) is 13.4. The summed E-state index contributed by atoms with van der Waals surface area (Å²) in [4.78, 5) is 2.28. The molecule has 116 valence electrons. The van der Waals surface area contributed by atoms with Gasteiger partial charge in [0.25, 0.3) is 0 Å². The largest absolute Gasteiger partial charge is 0.471 e. The number of rotatable bonds is 5. The van der Waals surface area contributed by atoms with Crippen LogP contribution in [-0.2, 0) is 4.74 Å². The molecule has 0 radical (unpaired) electrons. The number of halogens is 1. The summed E-state index contributed by atoms with van der Waals surface area (Å²) in [6, 6.07) is 4.19. The van der Waals surface area contributed by atoms with Crippen LogP contribution in [0.1, 0.15) is 43.9 Å². The number of benzene rings is 1. The molecule has 1 heterocycles. The molecule has 1 aromatic rings. The summed E-state index contributed by atoms with van der Waals surface area (Å²) in [5.74, 6) is 0.311. The van der Waals surface area contributed by atoms with E-state index >= 15 is 0 Å². The fourth-order valence-corrected chi connectivity index (χ4v) is 2.59. The van der Waals surface area contributed by atoms with Gasteiger partial charge in [0.1, 0.15) is 11.9 Å². The molecule has 0 bridgehead atoms. The Labute approximate surface area is 126 Å². The Morgan fingerprint density at radius 1 is 1.48 bits per heavy atom. The first kappa shape index (κ1) is 15.8. The lowest BCUT2D eigenvalue weighted by molar-refractivity contribution is 0.0883. The highest BCUT2D eigenvalue weighted by atomic mass is 19.1. The van der Waals surface area contributed by atoms with E-state index in [1.165, 1.54) is 0 Å². The topological polar surface area (TPSA) is 24.5 Å². The number of fused-ring (bicyclic) bond motifs is 1. The lowest BCUT2D eigenvalue weighted by Gasteiger charge is -2.32. The zero-order chi connectivity index (χ0) is 15.6. The normalized spacial score (nSPS) is 19.0. The molecule has 2 atom stereocenters. The van der Waals surface area contributed by atoms with Crippen LogP contribution in [0.25, 0.3) is 0 Å². The molecule has 0 spiro atoms. The molecule has 1 aliphatic rings. The summed E-state index contributed by atoms with van der Waals surface area (Å²) in [7, 11) is 2.09. The quantitative estimate of drug-likeness (QED) is 0.880. The number of ether oxygens (including phenoxy) is 1. The van der Waals surface area contributed by atoms with Gasteiger partial charge in [-0.05, 0) is 45.5 Å². The third-order valence-corrected chi connectivity index (χ3v) is 4.34. The SMILES string of the molecule is C=C1Nc2ccc(C)c(F)c2[C@H](CCN(C)C(C)CC)O1. The number of hydrogen-bond acceptors (Lipinski definition) is 3. The maximum absolute atomic E-state index is 14.4. The first-order valence-corrected chi connectivity index (χ1v) is 7.55. The number of aryl methyl sites for hydroxylation is 1. The minimum absolute atomic E-state index is 0.177. The van der Waals surface area contributed by atoms with Gasteiger partial charge in [0.05, 0.1) is 11.3 Å². The highest BCUT2D eigenvalue weighted by molar-refractivity contribution is 5.58. The van der Waals surface area contributed by atoms with Crippen LogP contribution < -0.4 is 5.32 Å². The van der Waals surface area contributed by atoms with Crippen LogP contribution in [0.2, 0.25) is 0 Å². The highest BCUT2D eigenvalue weighted by Gasteiger charge is 2.28. The molecule has 21 heavy (non-hydrogen) atoms. The number of nitrogens with one attached hydrogen (secondary N) is 1. The van der Waals surface area contributed by atoms with Crippen molar-refractivity contribution in [2.75, 3.05) is 18.9 Å². The minimum Gasteiger partial charge on any atom is -0.471 e. The smallest absolute Gasteiger partial charge is 0.184 e. The Kier molecular flexibility index (Phi) is 4.88. The van der Waals surface area contributed by atoms with E-state index in [1.807, 2.05) is 6.07 Å². The third-order valence-electron chi connectivity index (χ3n) is 4.34. The molecule has 0 fully saturated rings. The highest BCUT2D eigenvalue weighted by Crippen LogP contribution is 2.38. The van der Waals surface area contributed by atoms with E-state index in [0.717, 1.165) is 25.1 Å². The monoisotopic (exact) mass is 292 g/mol. The summed E-state index contributed by atoms with van der Waals surface area (Å²) in [6.07, 6.45) is 1.56. The van der Waals surface area contributed by atoms with E-state index in [1.54, 1.807) is 13.0 Å². The van der Waals surface area contributed by atoms with Crippen molar-refractivity contribution in [1.82, 2.24) is 4.90 Å². The first-order valence-electron chi connectivity index (χ1n) is 7.55. The van der Waals surface area contributed by atoms with Crippen molar-refractivity contribution >= 4 is 5.69 Å². The molecule has 4 heteroatoms. The molecule has 1 unspecified atom stereocenters. The van der Waals surface area contributed by atoms with Gasteiger partial charge in [-0.25, -0.2) is 4.39 Å². The molecule has 0 aliphatic carbocycles. The van der Waals surface area contributed by atoms with Crippen molar-refractivity contribution in [2.45, 2.75) is 45.8 Å². The molecule has 1 aromatic carbocycles. The second kappa shape index (κ2) is 6.48. The van der Waals surface area contributed by atoms with Crippen LogP contribution in [0.4, 0.5) is 10.1 Å². The van der Waals surface area contributed by atoms with Gasteiger partial charge in [-0.1, -0.05) is 13.0 Å². The summed E-state index contributed by atoms with van der Waals surface area (Å²) in [5.41, 5.74) is 2.04. The average Bonchev–Trinajstić information content (AvgIpc) is 2.47. The van der Waals surface area contributed by atoms with Crippen LogP contribution in [0, 0.1) is 12.7 Å². The molecule has 1 N–H and O–H groups in total. The van der Waals surface area contributed by atoms with E-state index < -0.39 is 0 Å².